The second-order valence-electron chi connectivity index (χ2n) is 4.99. The molecule has 0 aromatic heterocycles. The molecule has 1 rings (SSSR count). The van der Waals surface area contributed by atoms with E-state index in [-0.39, 0.29) is 0 Å². The van der Waals surface area contributed by atoms with Gasteiger partial charge in [-0.05, 0) is 52.4 Å². The molecule has 0 radical (unpaired) electrons. The average Bonchev–Trinajstić information content (AvgIpc) is 2.79. The van der Waals surface area contributed by atoms with Crippen molar-refractivity contribution in [3.8, 4) is 0 Å². The largest absolute Gasteiger partial charge is 0.396 e. The molecule has 1 saturated heterocycles. The van der Waals surface area contributed by atoms with Crippen LogP contribution in [0.5, 0.6) is 0 Å². The first-order valence-electron chi connectivity index (χ1n) is 6.84. The third-order valence-corrected chi connectivity index (χ3v) is 3.44. The van der Waals surface area contributed by atoms with Crippen molar-refractivity contribution in [3.05, 3.63) is 0 Å². The van der Waals surface area contributed by atoms with Crippen LogP contribution in [0.1, 0.15) is 38.5 Å². The van der Waals surface area contributed by atoms with Crippen LogP contribution in [0.3, 0.4) is 0 Å². The fraction of sp³-hybridized carbons (Fsp3) is 1.00. The van der Waals surface area contributed by atoms with Gasteiger partial charge < -0.3 is 14.9 Å². The second-order valence-corrected chi connectivity index (χ2v) is 4.99. The van der Waals surface area contributed by atoms with Crippen LogP contribution in [0.4, 0.5) is 0 Å². The highest BCUT2D eigenvalue weighted by Crippen LogP contribution is 2.06. The lowest BCUT2D eigenvalue weighted by Gasteiger charge is -2.21. The number of aliphatic hydroxyl groups is 1. The number of aliphatic hydroxyl groups excluding tert-OH is 1. The van der Waals surface area contributed by atoms with E-state index in [1.165, 1.54) is 64.8 Å². The minimum Gasteiger partial charge on any atom is -0.396 e. The zero-order valence-electron chi connectivity index (χ0n) is 10.8. The van der Waals surface area contributed by atoms with E-state index < -0.39 is 0 Å². The summed E-state index contributed by atoms with van der Waals surface area (Å²) in [5.74, 6) is 0. The standard InChI is InChI=1S/C13H28N2O/c1-14(8-4-2-3-7-13-16)11-12-15-9-5-6-10-15/h16H,2-13H2,1H3. The Morgan fingerprint density at radius 1 is 1.00 bits per heavy atom. The summed E-state index contributed by atoms with van der Waals surface area (Å²) >= 11 is 0. The molecule has 3 nitrogen and oxygen atoms in total. The molecule has 0 aromatic carbocycles. The maximum absolute atomic E-state index is 8.66. The van der Waals surface area contributed by atoms with Crippen LogP contribution in [0.15, 0.2) is 0 Å². The molecule has 0 saturated carbocycles. The minimum absolute atomic E-state index is 0.352. The Labute approximate surface area is 100 Å². The SMILES string of the molecule is CN(CCCCCCO)CCN1CCCC1. The summed E-state index contributed by atoms with van der Waals surface area (Å²) in [4.78, 5) is 5.01. The average molecular weight is 228 g/mol. The van der Waals surface area contributed by atoms with Crippen molar-refractivity contribution in [1.29, 1.82) is 0 Å². The van der Waals surface area contributed by atoms with Crippen molar-refractivity contribution in [2.24, 2.45) is 0 Å². The Hall–Kier alpha value is -0.120. The Morgan fingerprint density at radius 3 is 2.38 bits per heavy atom. The van der Waals surface area contributed by atoms with Gasteiger partial charge in [0.25, 0.3) is 0 Å². The van der Waals surface area contributed by atoms with Gasteiger partial charge in [-0.2, -0.15) is 0 Å². The van der Waals surface area contributed by atoms with Crippen molar-refractivity contribution >= 4 is 0 Å². The van der Waals surface area contributed by atoms with Gasteiger partial charge in [-0.25, -0.2) is 0 Å². The first-order valence-corrected chi connectivity index (χ1v) is 6.84. The predicted molar refractivity (Wildman–Crippen MR) is 68.7 cm³/mol. The Balaban J connectivity index is 1.87. The highest BCUT2D eigenvalue weighted by atomic mass is 16.2. The van der Waals surface area contributed by atoms with E-state index in [9.17, 15) is 0 Å². The molecule has 0 bridgehead atoms. The summed E-state index contributed by atoms with van der Waals surface area (Å²) in [5.41, 5.74) is 0. The second kappa shape index (κ2) is 8.97. The molecule has 0 aromatic rings. The number of likely N-dealkylation sites (N-methyl/N-ethyl adjacent to an activating group) is 1. The van der Waals surface area contributed by atoms with Crippen LogP contribution >= 0.6 is 0 Å². The van der Waals surface area contributed by atoms with E-state index in [2.05, 4.69) is 16.8 Å². The fourth-order valence-electron chi connectivity index (χ4n) is 2.28. The maximum atomic E-state index is 8.66. The van der Waals surface area contributed by atoms with Crippen molar-refractivity contribution in [1.82, 2.24) is 9.80 Å². The van der Waals surface area contributed by atoms with Gasteiger partial charge in [0.15, 0.2) is 0 Å². The lowest BCUT2D eigenvalue weighted by atomic mass is 10.2. The normalized spacial score (nSPS) is 17.4. The van der Waals surface area contributed by atoms with Crippen LogP contribution < -0.4 is 0 Å². The third kappa shape index (κ3) is 6.46. The molecule has 1 aliphatic heterocycles. The van der Waals surface area contributed by atoms with Gasteiger partial charge in [-0.3, -0.25) is 0 Å². The number of nitrogens with zero attached hydrogens (tertiary/aromatic N) is 2. The van der Waals surface area contributed by atoms with Gasteiger partial charge in [-0.1, -0.05) is 12.8 Å². The summed E-state index contributed by atoms with van der Waals surface area (Å²) in [7, 11) is 2.22. The minimum atomic E-state index is 0.352. The summed E-state index contributed by atoms with van der Waals surface area (Å²) in [6.07, 6.45) is 7.47. The van der Waals surface area contributed by atoms with Gasteiger partial charge in [0.05, 0.1) is 0 Å². The summed E-state index contributed by atoms with van der Waals surface area (Å²) in [6, 6.07) is 0. The van der Waals surface area contributed by atoms with E-state index in [1.54, 1.807) is 0 Å². The highest BCUT2D eigenvalue weighted by molar-refractivity contribution is 4.67. The molecule has 96 valence electrons. The number of hydrogen-bond donors (Lipinski definition) is 1. The van der Waals surface area contributed by atoms with E-state index in [0.717, 1.165) is 6.42 Å². The van der Waals surface area contributed by atoms with Crippen LogP contribution in [0.2, 0.25) is 0 Å². The first kappa shape index (κ1) is 13.9. The molecule has 1 heterocycles. The predicted octanol–water partition coefficient (Wildman–Crippen LogP) is 1.57. The molecule has 3 heteroatoms. The van der Waals surface area contributed by atoms with Crippen molar-refractivity contribution in [3.63, 3.8) is 0 Å². The Kier molecular flexibility index (Phi) is 7.81. The molecule has 1 fully saturated rings. The molecule has 16 heavy (non-hydrogen) atoms. The van der Waals surface area contributed by atoms with Gasteiger partial charge in [0.2, 0.25) is 0 Å². The van der Waals surface area contributed by atoms with Crippen LogP contribution in [0.25, 0.3) is 0 Å². The molecular weight excluding hydrogens is 200 g/mol. The van der Waals surface area contributed by atoms with E-state index in [1.807, 2.05) is 0 Å². The smallest absolute Gasteiger partial charge is 0.0431 e. The van der Waals surface area contributed by atoms with Gasteiger partial charge in [0, 0.05) is 19.7 Å². The van der Waals surface area contributed by atoms with Crippen molar-refractivity contribution < 1.29 is 5.11 Å². The summed E-state index contributed by atoms with van der Waals surface area (Å²) in [6.45, 7) is 6.63. The molecule has 1 N–H and O–H groups in total. The zero-order chi connectivity index (χ0) is 11.6. The number of hydrogen-bond acceptors (Lipinski definition) is 3. The summed E-state index contributed by atoms with van der Waals surface area (Å²) < 4.78 is 0. The molecule has 0 amide bonds. The van der Waals surface area contributed by atoms with Crippen LogP contribution in [-0.4, -0.2) is 61.3 Å². The Bertz CT molecular complexity index is 158. The molecule has 0 aliphatic carbocycles. The van der Waals surface area contributed by atoms with E-state index in [0.29, 0.717) is 6.61 Å². The first-order chi connectivity index (χ1) is 7.83. The number of unbranched alkanes of at least 4 members (excludes halogenated alkanes) is 3. The van der Waals surface area contributed by atoms with Crippen molar-refractivity contribution in [2.45, 2.75) is 38.5 Å². The van der Waals surface area contributed by atoms with Gasteiger partial charge >= 0.3 is 0 Å². The monoisotopic (exact) mass is 228 g/mol. The zero-order valence-corrected chi connectivity index (χ0v) is 10.8. The lowest BCUT2D eigenvalue weighted by molar-refractivity contribution is 0.250. The van der Waals surface area contributed by atoms with Crippen LogP contribution in [0, 0.1) is 0 Å². The van der Waals surface area contributed by atoms with E-state index >= 15 is 0 Å². The molecule has 0 unspecified atom stereocenters. The molecule has 0 atom stereocenters. The Morgan fingerprint density at radius 2 is 1.69 bits per heavy atom. The number of likely N-dealkylation sites (tertiary alicyclic amines) is 1. The van der Waals surface area contributed by atoms with Gasteiger partial charge in [0.1, 0.15) is 0 Å². The topological polar surface area (TPSA) is 26.7 Å². The summed E-state index contributed by atoms with van der Waals surface area (Å²) in [5, 5.41) is 8.66. The fourth-order valence-corrected chi connectivity index (χ4v) is 2.28. The maximum Gasteiger partial charge on any atom is 0.0431 e. The quantitative estimate of drug-likeness (QED) is 0.607. The van der Waals surface area contributed by atoms with Crippen LogP contribution in [-0.2, 0) is 0 Å². The molecule has 1 aliphatic rings. The molecule has 0 spiro atoms. The third-order valence-electron chi connectivity index (χ3n) is 3.44. The van der Waals surface area contributed by atoms with E-state index in [4.69, 9.17) is 5.11 Å². The van der Waals surface area contributed by atoms with Gasteiger partial charge in [-0.15, -0.1) is 0 Å². The molecular formula is C13H28N2O. The lowest BCUT2D eigenvalue weighted by Crippen LogP contribution is -2.31. The highest BCUT2D eigenvalue weighted by Gasteiger charge is 2.11. The van der Waals surface area contributed by atoms with Crippen molar-refractivity contribution in [2.75, 3.05) is 46.4 Å². The number of rotatable bonds is 9.